The number of benzene rings is 1. The second-order valence-electron chi connectivity index (χ2n) is 5.01. The average Bonchev–Trinajstić information content (AvgIpc) is 3.09. The summed E-state index contributed by atoms with van der Waals surface area (Å²) in [5.41, 5.74) is 3.84. The van der Waals surface area contributed by atoms with Gasteiger partial charge in [-0.05, 0) is 29.8 Å². The number of nitrogens with zero attached hydrogens (tertiary/aromatic N) is 2. The molecule has 8 heteroatoms. The molecule has 1 aromatic carbocycles. The molecule has 0 saturated carbocycles. The van der Waals surface area contributed by atoms with Gasteiger partial charge in [-0.2, -0.15) is 0 Å². The second-order valence-corrected chi connectivity index (χ2v) is 8.12. The Hall–Kier alpha value is -1.96. The number of methoxy groups -OCH3 is 1. The van der Waals surface area contributed by atoms with Crippen molar-refractivity contribution in [3.8, 4) is 17.0 Å². The van der Waals surface area contributed by atoms with Gasteiger partial charge in [0.15, 0.2) is 9.84 Å². The van der Waals surface area contributed by atoms with Crippen LogP contribution in [-0.2, 0) is 15.6 Å². The van der Waals surface area contributed by atoms with E-state index in [4.69, 9.17) is 16.3 Å². The highest BCUT2D eigenvalue weighted by Gasteiger charge is 2.21. The maximum absolute atomic E-state index is 12.8. The summed E-state index contributed by atoms with van der Waals surface area (Å²) < 4.78 is 30.6. The van der Waals surface area contributed by atoms with Gasteiger partial charge < -0.3 is 4.74 Å². The predicted molar refractivity (Wildman–Crippen MR) is 94.2 cm³/mol. The molecule has 0 aliphatic carbocycles. The number of halogens is 1. The van der Waals surface area contributed by atoms with Gasteiger partial charge >= 0.3 is 0 Å². The zero-order valence-corrected chi connectivity index (χ0v) is 15.0. The Labute approximate surface area is 148 Å². The van der Waals surface area contributed by atoms with E-state index >= 15 is 0 Å². The van der Waals surface area contributed by atoms with Crippen LogP contribution < -0.4 is 4.74 Å². The van der Waals surface area contributed by atoms with Crippen LogP contribution in [0.4, 0.5) is 0 Å². The Balaban J connectivity index is 1.96. The lowest BCUT2D eigenvalue weighted by Gasteiger charge is -2.10. The fourth-order valence-electron chi connectivity index (χ4n) is 2.25. The molecular formula is C16H13ClN2O3S2. The molecule has 2 heterocycles. The van der Waals surface area contributed by atoms with Gasteiger partial charge in [0.25, 0.3) is 0 Å². The highest BCUT2D eigenvalue weighted by molar-refractivity contribution is 7.90. The molecule has 0 bridgehead atoms. The molecule has 0 aliphatic heterocycles. The van der Waals surface area contributed by atoms with Crippen molar-refractivity contribution in [3.63, 3.8) is 0 Å². The van der Waals surface area contributed by atoms with Gasteiger partial charge in [-0.3, -0.25) is 4.98 Å². The number of hydrogen-bond acceptors (Lipinski definition) is 6. The Kier molecular flexibility index (Phi) is 4.84. The van der Waals surface area contributed by atoms with Gasteiger partial charge in [0.1, 0.15) is 10.6 Å². The third-order valence-corrected chi connectivity index (χ3v) is 5.86. The first kappa shape index (κ1) is 16.9. The lowest BCUT2D eigenvalue weighted by Crippen LogP contribution is -2.07. The SMILES string of the molecule is COc1ccc(Cl)cc1S(=O)(=O)Cc1cncc(-c2cscn2)c1. The first-order chi connectivity index (χ1) is 11.5. The van der Waals surface area contributed by atoms with E-state index in [0.29, 0.717) is 10.6 Å². The minimum Gasteiger partial charge on any atom is -0.495 e. The number of aromatic nitrogens is 2. The first-order valence-electron chi connectivity index (χ1n) is 6.88. The maximum Gasteiger partial charge on any atom is 0.186 e. The zero-order chi connectivity index (χ0) is 17.2. The molecule has 24 heavy (non-hydrogen) atoms. The third kappa shape index (κ3) is 3.58. The summed E-state index contributed by atoms with van der Waals surface area (Å²) in [5.74, 6) is 0.0670. The Morgan fingerprint density at radius 3 is 2.79 bits per heavy atom. The minimum atomic E-state index is -3.63. The van der Waals surface area contributed by atoms with Crippen molar-refractivity contribution in [2.24, 2.45) is 0 Å². The molecule has 0 amide bonds. The van der Waals surface area contributed by atoms with E-state index in [1.165, 1.54) is 30.7 Å². The van der Waals surface area contributed by atoms with Crippen LogP contribution in [0.2, 0.25) is 5.02 Å². The van der Waals surface area contributed by atoms with Crippen molar-refractivity contribution in [3.05, 3.63) is 58.1 Å². The molecule has 0 aliphatic rings. The summed E-state index contributed by atoms with van der Waals surface area (Å²) in [6.45, 7) is 0. The van der Waals surface area contributed by atoms with Crippen LogP contribution in [-0.4, -0.2) is 25.5 Å². The molecule has 124 valence electrons. The fraction of sp³-hybridized carbons (Fsp3) is 0.125. The molecular weight excluding hydrogens is 368 g/mol. The van der Waals surface area contributed by atoms with Crippen LogP contribution >= 0.6 is 22.9 Å². The van der Waals surface area contributed by atoms with E-state index in [9.17, 15) is 8.42 Å². The van der Waals surface area contributed by atoms with Crippen molar-refractivity contribution < 1.29 is 13.2 Å². The third-order valence-electron chi connectivity index (χ3n) is 3.34. The highest BCUT2D eigenvalue weighted by Crippen LogP contribution is 2.30. The summed E-state index contributed by atoms with van der Waals surface area (Å²) in [6, 6.07) is 6.30. The Bertz CT molecular complexity index is 957. The predicted octanol–water partition coefficient (Wildman–Crippen LogP) is 3.84. The summed E-state index contributed by atoms with van der Waals surface area (Å²) in [7, 11) is -2.21. The largest absolute Gasteiger partial charge is 0.495 e. The quantitative estimate of drug-likeness (QED) is 0.672. The van der Waals surface area contributed by atoms with E-state index in [1.807, 2.05) is 5.38 Å². The van der Waals surface area contributed by atoms with Crippen LogP contribution in [0.15, 0.2) is 52.4 Å². The monoisotopic (exact) mass is 380 g/mol. The molecule has 3 rings (SSSR count). The van der Waals surface area contributed by atoms with Crippen LogP contribution in [0.25, 0.3) is 11.3 Å². The number of sulfone groups is 1. The second kappa shape index (κ2) is 6.88. The van der Waals surface area contributed by atoms with Crippen molar-refractivity contribution in [1.29, 1.82) is 0 Å². The number of ether oxygens (including phenoxy) is 1. The molecule has 0 saturated heterocycles. The zero-order valence-electron chi connectivity index (χ0n) is 12.6. The molecule has 0 unspecified atom stereocenters. The Morgan fingerprint density at radius 1 is 1.25 bits per heavy atom. The lowest BCUT2D eigenvalue weighted by atomic mass is 10.2. The summed E-state index contributed by atoms with van der Waals surface area (Å²) in [4.78, 5) is 8.40. The van der Waals surface area contributed by atoms with Crippen molar-refractivity contribution in [2.75, 3.05) is 7.11 Å². The van der Waals surface area contributed by atoms with Crippen molar-refractivity contribution >= 4 is 32.8 Å². The summed E-state index contributed by atoms with van der Waals surface area (Å²) >= 11 is 7.40. The average molecular weight is 381 g/mol. The topological polar surface area (TPSA) is 69.2 Å². The van der Waals surface area contributed by atoms with Crippen LogP contribution in [0, 0.1) is 0 Å². The van der Waals surface area contributed by atoms with Crippen molar-refractivity contribution in [2.45, 2.75) is 10.6 Å². The maximum atomic E-state index is 12.8. The number of pyridine rings is 1. The van der Waals surface area contributed by atoms with Crippen LogP contribution in [0.1, 0.15) is 5.56 Å². The van der Waals surface area contributed by atoms with Gasteiger partial charge in [-0.25, -0.2) is 13.4 Å². The van der Waals surface area contributed by atoms with Crippen molar-refractivity contribution in [1.82, 2.24) is 9.97 Å². The van der Waals surface area contributed by atoms with E-state index in [1.54, 1.807) is 29.9 Å². The molecule has 3 aromatic rings. The highest BCUT2D eigenvalue weighted by atomic mass is 35.5. The molecule has 0 N–H and O–H groups in total. The molecule has 0 fully saturated rings. The normalized spacial score (nSPS) is 11.4. The van der Waals surface area contributed by atoms with Gasteiger partial charge in [0, 0.05) is 28.4 Å². The molecule has 0 radical (unpaired) electrons. The number of hydrogen-bond donors (Lipinski definition) is 0. The van der Waals surface area contributed by atoms with Gasteiger partial charge in [0.05, 0.1) is 24.1 Å². The standard InChI is InChI=1S/C16H13ClN2O3S2/c1-22-15-3-2-13(17)5-16(15)24(20,21)9-11-4-12(7-18-6-11)14-8-23-10-19-14/h2-8,10H,9H2,1H3. The lowest BCUT2D eigenvalue weighted by molar-refractivity contribution is 0.402. The molecule has 0 atom stereocenters. The van der Waals surface area contributed by atoms with Crippen LogP contribution in [0.5, 0.6) is 5.75 Å². The summed E-state index contributed by atoms with van der Waals surface area (Å²) in [5, 5.41) is 2.22. The number of thiazole rings is 1. The van der Waals surface area contributed by atoms with Gasteiger partial charge in [0.2, 0.25) is 0 Å². The smallest absolute Gasteiger partial charge is 0.186 e. The van der Waals surface area contributed by atoms with E-state index < -0.39 is 9.84 Å². The molecule has 0 spiro atoms. The van der Waals surface area contributed by atoms with E-state index in [-0.39, 0.29) is 16.4 Å². The first-order valence-corrected chi connectivity index (χ1v) is 9.86. The minimum absolute atomic E-state index is 0.0663. The van der Waals surface area contributed by atoms with Gasteiger partial charge in [-0.1, -0.05) is 11.6 Å². The van der Waals surface area contributed by atoms with E-state index in [0.717, 1.165) is 11.3 Å². The van der Waals surface area contributed by atoms with Gasteiger partial charge in [-0.15, -0.1) is 11.3 Å². The Morgan fingerprint density at radius 2 is 2.08 bits per heavy atom. The molecule has 2 aromatic heterocycles. The van der Waals surface area contributed by atoms with E-state index in [2.05, 4.69) is 9.97 Å². The number of rotatable bonds is 5. The van der Waals surface area contributed by atoms with Crippen LogP contribution in [0.3, 0.4) is 0 Å². The molecule has 5 nitrogen and oxygen atoms in total. The fourth-order valence-corrected chi connectivity index (χ4v) is 4.57. The summed E-state index contributed by atoms with van der Waals surface area (Å²) in [6.07, 6.45) is 3.19.